The van der Waals surface area contributed by atoms with Gasteiger partial charge in [0.15, 0.2) is 0 Å². The highest BCUT2D eigenvalue weighted by Crippen LogP contribution is 2.34. The van der Waals surface area contributed by atoms with E-state index < -0.39 is 6.04 Å². The molecule has 3 rings (SSSR count). The van der Waals surface area contributed by atoms with Crippen LogP contribution in [0.25, 0.3) is 0 Å². The minimum atomic E-state index is -0.596. The summed E-state index contributed by atoms with van der Waals surface area (Å²) in [5.74, 6) is -0.179. The lowest BCUT2D eigenvalue weighted by molar-refractivity contribution is -0.117. The van der Waals surface area contributed by atoms with Crippen molar-refractivity contribution in [1.82, 2.24) is 0 Å². The van der Waals surface area contributed by atoms with Crippen molar-refractivity contribution in [2.24, 2.45) is 5.73 Å². The first-order valence-electron chi connectivity index (χ1n) is 6.34. The number of nitrogens with one attached hydrogen (secondary N) is 1. The monoisotopic (exact) mass is 287 g/mol. The zero-order chi connectivity index (χ0) is 14.1. The van der Waals surface area contributed by atoms with E-state index in [1.807, 2.05) is 53.4 Å². The van der Waals surface area contributed by atoms with Gasteiger partial charge in [-0.2, -0.15) is 0 Å². The molecule has 2 aromatic carbocycles. The Labute approximate surface area is 122 Å². The fourth-order valence-corrected chi connectivity index (χ4v) is 2.49. The van der Waals surface area contributed by atoms with Crippen LogP contribution >= 0.6 is 11.6 Å². The number of carbonyl (C=O) groups excluding carboxylic acids is 1. The summed E-state index contributed by atoms with van der Waals surface area (Å²) in [6, 6.07) is 14.5. The second-order valence-electron chi connectivity index (χ2n) is 4.70. The fraction of sp³-hybridized carbons (Fsp3) is 0.133. The van der Waals surface area contributed by atoms with E-state index >= 15 is 0 Å². The molecule has 0 bridgehead atoms. The number of hydrogen-bond donors (Lipinski definition) is 2. The van der Waals surface area contributed by atoms with Crippen LogP contribution in [0.15, 0.2) is 48.5 Å². The van der Waals surface area contributed by atoms with E-state index in [2.05, 4.69) is 5.32 Å². The smallest absolute Gasteiger partial charge is 0.243 e. The molecule has 3 N–H and O–H groups in total. The van der Waals surface area contributed by atoms with Gasteiger partial charge in [-0.1, -0.05) is 29.8 Å². The van der Waals surface area contributed by atoms with Gasteiger partial charge in [-0.25, -0.2) is 0 Å². The number of rotatable bonds is 1. The second-order valence-corrected chi connectivity index (χ2v) is 5.14. The van der Waals surface area contributed by atoms with E-state index in [-0.39, 0.29) is 5.91 Å². The van der Waals surface area contributed by atoms with E-state index in [0.717, 1.165) is 17.1 Å². The van der Waals surface area contributed by atoms with Gasteiger partial charge >= 0.3 is 0 Å². The molecule has 5 heteroatoms. The third-order valence-corrected chi connectivity index (χ3v) is 3.52. The highest BCUT2D eigenvalue weighted by atomic mass is 35.5. The van der Waals surface area contributed by atoms with Crippen LogP contribution in [-0.4, -0.2) is 18.5 Å². The number of halogens is 1. The van der Waals surface area contributed by atoms with Gasteiger partial charge in [0.05, 0.1) is 11.4 Å². The lowest BCUT2D eigenvalue weighted by atomic mass is 10.2. The first kappa shape index (κ1) is 13.0. The summed E-state index contributed by atoms with van der Waals surface area (Å²) in [6.07, 6.45) is 0. The molecule has 1 amide bonds. The Hall–Kier alpha value is -2.04. The Morgan fingerprint density at radius 2 is 2.00 bits per heavy atom. The number of amides is 1. The van der Waals surface area contributed by atoms with Gasteiger partial charge in [-0.15, -0.1) is 0 Å². The van der Waals surface area contributed by atoms with Crippen LogP contribution in [0.4, 0.5) is 17.1 Å². The number of para-hydroxylation sites is 2. The molecule has 1 heterocycles. The molecule has 1 unspecified atom stereocenters. The Morgan fingerprint density at radius 3 is 2.80 bits per heavy atom. The molecule has 2 aromatic rings. The van der Waals surface area contributed by atoms with Gasteiger partial charge in [0, 0.05) is 17.3 Å². The van der Waals surface area contributed by atoms with E-state index in [0.29, 0.717) is 11.6 Å². The van der Waals surface area contributed by atoms with Crippen molar-refractivity contribution < 1.29 is 4.79 Å². The summed E-state index contributed by atoms with van der Waals surface area (Å²) in [5.41, 5.74) is 8.52. The topological polar surface area (TPSA) is 58.4 Å². The van der Waals surface area contributed by atoms with Gasteiger partial charge < -0.3 is 16.0 Å². The normalized spacial score (nSPS) is 18.2. The van der Waals surface area contributed by atoms with Crippen LogP contribution in [0.5, 0.6) is 0 Å². The molecule has 1 aliphatic rings. The molecule has 0 radical (unpaired) electrons. The standard InChI is InChI=1S/C15H14ClN3O/c16-10-4-3-5-11(8-10)19-9-12(17)15(20)18-13-6-1-2-7-14(13)19/h1-8,12H,9,17H2,(H,18,20). The molecule has 0 aromatic heterocycles. The Balaban J connectivity index is 2.11. The largest absolute Gasteiger partial charge is 0.338 e. The highest BCUT2D eigenvalue weighted by Gasteiger charge is 2.25. The molecule has 0 saturated heterocycles. The summed E-state index contributed by atoms with van der Waals surface area (Å²) < 4.78 is 0. The molecular formula is C15H14ClN3O. The van der Waals surface area contributed by atoms with E-state index in [1.165, 1.54) is 0 Å². The highest BCUT2D eigenvalue weighted by molar-refractivity contribution is 6.30. The summed E-state index contributed by atoms with van der Waals surface area (Å²) in [5, 5.41) is 3.50. The third-order valence-electron chi connectivity index (χ3n) is 3.29. The number of anilines is 3. The minimum Gasteiger partial charge on any atom is -0.338 e. The molecule has 102 valence electrons. The molecule has 20 heavy (non-hydrogen) atoms. The maximum Gasteiger partial charge on any atom is 0.243 e. The molecule has 0 saturated carbocycles. The summed E-state index contributed by atoms with van der Waals surface area (Å²) in [6.45, 7) is 0.406. The van der Waals surface area contributed by atoms with Gasteiger partial charge in [-0.05, 0) is 30.3 Å². The number of nitrogens with two attached hydrogens (primary N) is 1. The zero-order valence-electron chi connectivity index (χ0n) is 10.7. The van der Waals surface area contributed by atoms with Crippen LogP contribution in [0, 0.1) is 0 Å². The average Bonchev–Trinajstić information content (AvgIpc) is 2.57. The molecular weight excluding hydrogens is 274 g/mol. The number of nitrogens with zero attached hydrogens (tertiary/aromatic N) is 1. The third kappa shape index (κ3) is 2.35. The van der Waals surface area contributed by atoms with Gasteiger partial charge in [0.25, 0.3) is 0 Å². The SMILES string of the molecule is NC1CN(c2cccc(Cl)c2)c2ccccc2NC1=O. The van der Waals surface area contributed by atoms with Crippen molar-refractivity contribution in [2.75, 3.05) is 16.8 Å². The summed E-state index contributed by atoms with van der Waals surface area (Å²) in [4.78, 5) is 13.9. The number of hydrogen-bond acceptors (Lipinski definition) is 3. The maximum atomic E-state index is 11.9. The lowest BCUT2D eigenvalue weighted by Gasteiger charge is -2.25. The number of fused-ring (bicyclic) bond motifs is 1. The van der Waals surface area contributed by atoms with Gasteiger partial charge in [0.1, 0.15) is 6.04 Å². The summed E-state index contributed by atoms with van der Waals surface area (Å²) in [7, 11) is 0. The Kier molecular flexibility index (Phi) is 3.34. The molecule has 4 nitrogen and oxygen atoms in total. The molecule has 0 aliphatic carbocycles. The van der Waals surface area contributed by atoms with Gasteiger partial charge in [-0.3, -0.25) is 4.79 Å². The number of benzene rings is 2. The Morgan fingerprint density at radius 1 is 1.20 bits per heavy atom. The van der Waals surface area contributed by atoms with Gasteiger partial charge in [0.2, 0.25) is 5.91 Å². The van der Waals surface area contributed by atoms with Crippen LogP contribution in [0.1, 0.15) is 0 Å². The van der Waals surface area contributed by atoms with E-state index in [9.17, 15) is 4.79 Å². The van der Waals surface area contributed by atoms with Crippen molar-refractivity contribution in [3.05, 3.63) is 53.6 Å². The van der Waals surface area contributed by atoms with Crippen molar-refractivity contribution in [3.63, 3.8) is 0 Å². The zero-order valence-corrected chi connectivity index (χ0v) is 11.5. The molecule has 1 atom stereocenters. The predicted molar refractivity (Wildman–Crippen MR) is 81.5 cm³/mol. The van der Waals surface area contributed by atoms with Crippen LogP contribution in [0.3, 0.4) is 0 Å². The minimum absolute atomic E-state index is 0.179. The molecule has 1 aliphatic heterocycles. The van der Waals surface area contributed by atoms with Crippen molar-refractivity contribution >= 4 is 34.6 Å². The van der Waals surface area contributed by atoms with E-state index in [4.69, 9.17) is 17.3 Å². The number of carbonyl (C=O) groups is 1. The van der Waals surface area contributed by atoms with Crippen molar-refractivity contribution in [2.45, 2.75) is 6.04 Å². The Bertz CT molecular complexity index is 659. The van der Waals surface area contributed by atoms with Crippen LogP contribution in [-0.2, 0) is 4.79 Å². The molecule has 0 spiro atoms. The quantitative estimate of drug-likeness (QED) is 0.848. The predicted octanol–water partition coefficient (Wildman–Crippen LogP) is 2.76. The lowest BCUT2D eigenvalue weighted by Crippen LogP contribution is -2.41. The van der Waals surface area contributed by atoms with Crippen LogP contribution < -0.4 is 16.0 Å². The second kappa shape index (κ2) is 5.15. The maximum absolute atomic E-state index is 11.9. The molecule has 0 fully saturated rings. The van der Waals surface area contributed by atoms with E-state index in [1.54, 1.807) is 0 Å². The summed E-state index contributed by atoms with van der Waals surface area (Å²) >= 11 is 6.06. The van der Waals surface area contributed by atoms with Crippen LogP contribution in [0.2, 0.25) is 5.02 Å². The van der Waals surface area contributed by atoms with Crippen molar-refractivity contribution in [3.8, 4) is 0 Å². The first-order valence-corrected chi connectivity index (χ1v) is 6.71. The fourth-order valence-electron chi connectivity index (χ4n) is 2.31. The average molecular weight is 288 g/mol. The van der Waals surface area contributed by atoms with Crippen molar-refractivity contribution in [1.29, 1.82) is 0 Å². The first-order chi connectivity index (χ1) is 9.65.